The molecule has 0 heterocycles. The molecule has 0 atom stereocenters. The highest BCUT2D eigenvalue weighted by atomic mass is 32.2. The Morgan fingerprint density at radius 3 is 2.44 bits per heavy atom. The Kier molecular flexibility index (Phi) is 3.88. The average molecular weight is 235 g/mol. The first-order chi connectivity index (χ1) is 7.79. The van der Waals surface area contributed by atoms with E-state index in [4.69, 9.17) is 0 Å². The van der Waals surface area contributed by atoms with E-state index >= 15 is 0 Å². The lowest BCUT2D eigenvalue weighted by Crippen LogP contribution is -2.20. The second kappa shape index (κ2) is 5.39. The van der Waals surface area contributed by atoms with E-state index in [0.29, 0.717) is 0 Å². The molecule has 0 unspecified atom stereocenters. The molecule has 1 aromatic rings. The lowest BCUT2D eigenvalue weighted by Gasteiger charge is -2.10. The standard InChI is InChI=1S/C13H17NOS/c1-16-12-8-6-11(7-9-12)14-13(15)10-4-2-3-5-10/h6-10H,2-5H2,1H3,(H,14,15). The lowest BCUT2D eigenvalue weighted by atomic mass is 10.1. The molecule has 0 spiro atoms. The van der Waals surface area contributed by atoms with Crippen LogP contribution in [0.15, 0.2) is 29.2 Å². The van der Waals surface area contributed by atoms with E-state index in [1.807, 2.05) is 30.5 Å². The van der Waals surface area contributed by atoms with Crippen LogP contribution in [-0.2, 0) is 4.79 Å². The van der Waals surface area contributed by atoms with Crippen LogP contribution in [-0.4, -0.2) is 12.2 Å². The van der Waals surface area contributed by atoms with Crippen LogP contribution in [0.25, 0.3) is 0 Å². The maximum atomic E-state index is 11.9. The topological polar surface area (TPSA) is 29.1 Å². The van der Waals surface area contributed by atoms with Crippen molar-refractivity contribution < 1.29 is 4.79 Å². The quantitative estimate of drug-likeness (QED) is 0.812. The highest BCUT2D eigenvalue weighted by molar-refractivity contribution is 7.98. The van der Waals surface area contributed by atoms with Crippen LogP contribution in [0.4, 0.5) is 5.69 Å². The molecule has 1 aliphatic carbocycles. The van der Waals surface area contributed by atoms with E-state index in [2.05, 4.69) is 5.32 Å². The number of thioether (sulfide) groups is 1. The predicted octanol–water partition coefficient (Wildman–Crippen LogP) is 3.54. The van der Waals surface area contributed by atoms with Crippen LogP contribution in [0.1, 0.15) is 25.7 Å². The van der Waals surface area contributed by atoms with Gasteiger partial charge in [-0.1, -0.05) is 12.8 Å². The molecule has 1 aliphatic rings. The van der Waals surface area contributed by atoms with Gasteiger partial charge in [0.25, 0.3) is 0 Å². The SMILES string of the molecule is CSc1ccc(NC(=O)C2CCCC2)cc1. The Labute approximate surface area is 101 Å². The molecule has 0 bridgehead atoms. The Morgan fingerprint density at radius 1 is 1.25 bits per heavy atom. The number of benzene rings is 1. The van der Waals surface area contributed by atoms with Gasteiger partial charge in [-0.05, 0) is 43.4 Å². The molecular weight excluding hydrogens is 218 g/mol. The summed E-state index contributed by atoms with van der Waals surface area (Å²) in [6.07, 6.45) is 6.54. The maximum Gasteiger partial charge on any atom is 0.227 e. The normalized spacial score (nSPS) is 16.3. The monoisotopic (exact) mass is 235 g/mol. The molecule has 1 aromatic carbocycles. The number of amides is 1. The molecule has 0 saturated heterocycles. The van der Waals surface area contributed by atoms with Crippen molar-refractivity contribution >= 4 is 23.4 Å². The zero-order chi connectivity index (χ0) is 11.4. The molecule has 0 aliphatic heterocycles. The minimum Gasteiger partial charge on any atom is -0.326 e. The first-order valence-corrected chi connectivity index (χ1v) is 6.97. The van der Waals surface area contributed by atoms with Crippen LogP contribution in [0.3, 0.4) is 0 Å². The molecule has 2 nitrogen and oxygen atoms in total. The third-order valence-corrected chi connectivity index (χ3v) is 3.83. The van der Waals surface area contributed by atoms with Crippen LogP contribution in [0.5, 0.6) is 0 Å². The summed E-state index contributed by atoms with van der Waals surface area (Å²) in [4.78, 5) is 13.1. The van der Waals surface area contributed by atoms with Crippen molar-refractivity contribution in [2.24, 2.45) is 5.92 Å². The van der Waals surface area contributed by atoms with Gasteiger partial charge in [-0.3, -0.25) is 4.79 Å². The summed E-state index contributed by atoms with van der Waals surface area (Å²) >= 11 is 1.71. The number of anilines is 1. The van der Waals surface area contributed by atoms with Crippen molar-refractivity contribution in [1.29, 1.82) is 0 Å². The first kappa shape index (κ1) is 11.5. The summed E-state index contributed by atoms with van der Waals surface area (Å²) in [5.41, 5.74) is 0.912. The molecule has 0 radical (unpaired) electrons. The van der Waals surface area contributed by atoms with Crippen molar-refractivity contribution in [2.75, 3.05) is 11.6 Å². The van der Waals surface area contributed by atoms with E-state index < -0.39 is 0 Å². The van der Waals surface area contributed by atoms with Gasteiger partial charge in [0.15, 0.2) is 0 Å². The van der Waals surface area contributed by atoms with E-state index in [0.717, 1.165) is 18.5 Å². The Bertz CT molecular complexity index is 355. The molecule has 2 rings (SSSR count). The van der Waals surface area contributed by atoms with Crippen LogP contribution in [0.2, 0.25) is 0 Å². The van der Waals surface area contributed by atoms with Crippen molar-refractivity contribution in [1.82, 2.24) is 0 Å². The van der Waals surface area contributed by atoms with E-state index in [9.17, 15) is 4.79 Å². The second-order valence-electron chi connectivity index (χ2n) is 4.20. The largest absolute Gasteiger partial charge is 0.326 e. The molecule has 1 N–H and O–H groups in total. The molecule has 0 aromatic heterocycles. The minimum atomic E-state index is 0.189. The smallest absolute Gasteiger partial charge is 0.227 e. The predicted molar refractivity (Wildman–Crippen MR) is 68.8 cm³/mol. The molecular formula is C13H17NOS. The van der Waals surface area contributed by atoms with Gasteiger partial charge in [0.05, 0.1) is 0 Å². The summed E-state index contributed by atoms with van der Waals surface area (Å²) in [7, 11) is 0. The van der Waals surface area contributed by atoms with E-state index in [1.54, 1.807) is 11.8 Å². The summed E-state index contributed by atoms with van der Waals surface area (Å²) in [6.45, 7) is 0. The molecule has 86 valence electrons. The number of hydrogen-bond acceptors (Lipinski definition) is 2. The Morgan fingerprint density at radius 2 is 1.88 bits per heavy atom. The maximum absolute atomic E-state index is 11.9. The van der Waals surface area contributed by atoms with Gasteiger partial charge < -0.3 is 5.32 Å². The zero-order valence-corrected chi connectivity index (χ0v) is 10.3. The highest BCUT2D eigenvalue weighted by Gasteiger charge is 2.22. The summed E-state index contributed by atoms with van der Waals surface area (Å²) in [5.74, 6) is 0.426. The van der Waals surface area contributed by atoms with Gasteiger partial charge in [-0.15, -0.1) is 11.8 Å². The first-order valence-electron chi connectivity index (χ1n) is 5.74. The molecule has 3 heteroatoms. The minimum absolute atomic E-state index is 0.189. The van der Waals surface area contributed by atoms with Gasteiger partial charge in [-0.25, -0.2) is 0 Å². The van der Waals surface area contributed by atoms with Gasteiger partial charge in [0.1, 0.15) is 0 Å². The average Bonchev–Trinajstić information content (AvgIpc) is 2.83. The number of carbonyl (C=O) groups excluding carboxylic acids is 1. The molecule has 1 amide bonds. The number of carbonyl (C=O) groups is 1. The Hall–Kier alpha value is -0.960. The number of nitrogens with one attached hydrogen (secondary N) is 1. The molecule has 16 heavy (non-hydrogen) atoms. The van der Waals surface area contributed by atoms with Crippen molar-refractivity contribution in [2.45, 2.75) is 30.6 Å². The third kappa shape index (κ3) is 2.79. The zero-order valence-electron chi connectivity index (χ0n) is 9.53. The number of hydrogen-bond donors (Lipinski definition) is 1. The molecule has 1 saturated carbocycles. The van der Waals surface area contributed by atoms with Crippen molar-refractivity contribution in [3.8, 4) is 0 Å². The van der Waals surface area contributed by atoms with Gasteiger partial charge in [0, 0.05) is 16.5 Å². The lowest BCUT2D eigenvalue weighted by molar-refractivity contribution is -0.119. The summed E-state index contributed by atoms with van der Waals surface area (Å²) in [6, 6.07) is 8.02. The highest BCUT2D eigenvalue weighted by Crippen LogP contribution is 2.26. The summed E-state index contributed by atoms with van der Waals surface area (Å²) < 4.78 is 0. The molecule has 1 fully saturated rings. The van der Waals surface area contributed by atoms with E-state index in [1.165, 1.54) is 17.7 Å². The van der Waals surface area contributed by atoms with Crippen LogP contribution in [0, 0.1) is 5.92 Å². The van der Waals surface area contributed by atoms with Crippen molar-refractivity contribution in [3.05, 3.63) is 24.3 Å². The summed E-state index contributed by atoms with van der Waals surface area (Å²) in [5, 5.41) is 2.99. The Balaban J connectivity index is 1.94. The van der Waals surface area contributed by atoms with Gasteiger partial charge in [-0.2, -0.15) is 0 Å². The third-order valence-electron chi connectivity index (χ3n) is 3.08. The van der Waals surface area contributed by atoms with E-state index in [-0.39, 0.29) is 11.8 Å². The van der Waals surface area contributed by atoms with Gasteiger partial charge in [0.2, 0.25) is 5.91 Å². The van der Waals surface area contributed by atoms with Crippen LogP contribution >= 0.6 is 11.8 Å². The number of rotatable bonds is 3. The van der Waals surface area contributed by atoms with Crippen molar-refractivity contribution in [3.63, 3.8) is 0 Å². The van der Waals surface area contributed by atoms with Gasteiger partial charge >= 0.3 is 0 Å². The van der Waals surface area contributed by atoms with Crippen LogP contribution < -0.4 is 5.32 Å². The fraction of sp³-hybridized carbons (Fsp3) is 0.462. The fourth-order valence-corrected chi connectivity index (χ4v) is 2.51. The second-order valence-corrected chi connectivity index (χ2v) is 5.08. The fourth-order valence-electron chi connectivity index (χ4n) is 2.11.